The van der Waals surface area contributed by atoms with Crippen LogP contribution in [0.3, 0.4) is 0 Å². The Labute approximate surface area is 115 Å². The van der Waals surface area contributed by atoms with Crippen molar-refractivity contribution in [3.63, 3.8) is 0 Å². The van der Waals surface area contributed by atoms with E-state index >= 15 is 0 Å². The lowest BCUT2D eigenvalue weighted by Crippen LogP contribution is -2.60. The minimum absolute atomic E-state index is 0.147. The number of nitrogens with one attached hydrogen (secondary N) is 2. The molecule has 0 atom stereocenters. The Morgan fingerprint density at radius 1 is 1.44 bits per heavy atom. The van der Waals surface area contributed by atoms with Crippen LogP contribution >= 0.6 is 12.2 Å². The SMILES string of the molecule is CCCCNC(=O)NC1(C(N)=S)CCC(C)CC1. The van der Waals surface area contributed by atoms with Gasteiger partial charge in [0.2, 0.25) is 0 Å². The maximum absolute atomic E-state index is 11.8. The number of amides is 2. The fourth-order valence-corrected chi connectivity index (χ4v) is 2.58. The van der Waals surface area contributed by atoms with Crippen LogP contribution < -0.4 is 16.4 Å². The Balaban J connectivity index is 2.52. The number of urea groups is 1. The van der Waals surface area contributed by atoms with Crippen molar-refractivity contribution in [2.24, 2.45) is 11.7 Å². The van der Waals surface area contributed by atoms with E-state index in [1.54, 1.807) is 0 Å². The van der Waals surface area contributed by atoms with Gasteiger partial charge < -0.3 is 16.4 Å². The van der Waals surface area contributed by atoms with Gasteiger partial charge in [0.25, 0.3) is 0 Å². The minimum Gasteiger partial charge on any atom is -0.391 e. The lowest BCUT2D eigenvalue weighted by molar-refractivity contribution is 0.216. The van der Waals surface area contributed by atoms with Gasteiger partial charge in [-0.05, 0) is 38.0 Å². The molecule has 5 heteroatoms. The quantitative estimate of drug-likeness (QED) is 0.531. The van der Waals surface area contributed by atoms with E-state index in [9.17, 15) is 4.79 Å². The molecule has 2 amide bonds. The van der Waals surface area contributed by atoms with E-state index in [1.807, 2.05) is 0 Å². The van der Waals surface area contributed by atoms with E-state index in [-0.39, 0.29) is 6.03 Å². The van der Waals surface area contributed by atoms with Crippen molar-refractivity contribution in [3.8, 4) is 0 Å². The van der Waals surface area contributed by atoms with E-state index < -0.39 is 5.54 Å². The summed E-state index contributed by atoms with van der Waals surface area (Å²) in [6.07, 6.45) is 5.89. The van der Waals surface area contributed by atoms with Crippen LogP contribution in [0.5, 0.6) is 0 Å². The number of carbonyl (C=O) groups excluding carboxylic acids is 1. The second-order valence-electron chi connectivity index (χ2n) is 5.36. The van der Waals surface area contributed by atoms with Crippen molar-refractivity contribution in [2.45, 2.75) is 57.9 Å². The average Bonchev–Trinajstić information content (AvgIpc) is 2.32. The molecule has 0 saturated heterocycles. The predicted molar refractivity (Wildman–Crippen MR) is 78.6 cm³/mol. The lowest BCUT2D eigenvalue weighted by atomic mass is 9.77. The Bertz CT molecular complexity index is 299. The molecule has 0 aliphatic heterocycles. The van der Waals surface area contributed by atoms with Crippen molar-refractivity contribution in [2.75, 3.05) is 6.54 Å². The molecule has 1 rings (SSSR count). The molecule has 1 aliphatic carbocycles. The third-order valence-electron chi connectivity index (χ3n) is 3.77. The van der Waals surface area contributed by atoms with Crippen LogP contribution in [0.1, 0.15) is 52.4 Å². The number of hydrogen-bond donors (Lipinski definition) is 3. The molecule has 0 aromatic heterocycles. The van der Waals surface area contributed by atoms with Gasteiger partial charge >= 0.3 is 6.03 Å². The highest BCUT2D eigenvalue weighted by Gasteiger charge is 2.38. The number of thiocarbonyl (C=S) groups is 1. The molecule has 0 aromatic rings. The highest BCUT2D eigenvalue weighted by atomic mass is 32.1. The van der Waals surface area contributed by atoms with Crippen molar-refractivity contribution in [3.05, 3.63) is 0 Å². The highest BCUT2D eigenvalue weighted by Crippen LogP contribution is 2.32. The first-order valence-electron chi connectivity index (χ1n) is 6.86. The topological polar surface area (TPSA) is 67.2 Å². The zero-order valence-corrected chi connectivity index (χ0v) is 12.2. The molecule has 18 heavy (non-hydrogen) atoms. The van der Waals surface area contributed by atoms with Gasteiger partial charge in [-0.1, -0.05) is 32.5 Å². The Morgan fingerprint density at radius 3 is 2.56 bits per heavy atom. The van der Waals surface area contributed by atoms with Crippen LogP contribution in [-0.4, -0.2) is 23.1 Å². The molecular weight excluding hydrogens is 246 g/mol. The summed E-state index contributed by atoms with van der Waals surface area (Å²) in [4.78, 5) is 12.3. The molecule has 0 radical (unpaired) electrons. The van der Waals surface area contributed by atoms with Gasteiger partial charge in [-0.25, -0.2) is 4.79 Å². The van der Waals surface area contributed by atoms with Gasteiger partial charge in [0, 0.05) is 6.54 Å². The highest BCUT2D eigenvalue weighted by molar-refractivity contribution is 7.80. The van der Waals surface area contributed by atoms with Crippen molar-refractivity contribution >= 4 is 23.2 Å². The summed E-state index contributed by atoms with van der Waals surface area (Å²) in [5.41, 5.74) is 5.37. The third kappa shape index (κ3) is 4.12. The molecule has 1 saturated carbocycles. The van der Waals surface area contributed by atoms with Crippen molar-refractivity contribution in [1.82, 2.24) is 10.6 Å². The molecule has 0 unspecified atom stereocenters. The zero-order chi connectivity index (χ0) is 13.6. The molecule has 104 valence electrons. The maximum Gasteiger partial charge on any atom is 0.315 e. The van der Waals surface area contributed by atoms with Crippen LogP contribution in [-0.2, 0) is 0 Å². The van der Waals surface area contributed by atoms with E-state index in [2.05, 4.69) is 24.5 Å². The monoisotopic (exact) mass is 271 g/mol. The smallest absolute Gasteiger partial charge is 0.315 e. The first kappa shape index (κ1) is 15.2. The van der Waals surface area contributed by atoms with E-state index in [1.165, 1.54) is 0 Å². The number of hydrogen-bond acceptors (Lipinski definition) is 2. The number of rotatable bonds is 5. The van der Waals surface area contributed by atoms with Crippen molar-refractivity contribution in [1.29, 1.82) is 0 Å². The summed E-state index contributed by atoms with van der Waals surface area (Å²) in [6, 6.07) is -0.147. The number of nitrogens with two attached hydrogens (primary N) is 1. The largest absolute Gasteiger partial charge is 0.391 e. The molecule has 1 aliphatic rings. The Hall–Kier alpha value is -0.840. The summed E-state index contributed by atoms with van der Waals surface area (Å²) in [5.74, 6) is 0.692. The standard InChI is InChI=1S/C13H25N3OS/c1-3-4-9-15-12(17)16-13(11(14)18)7-5-10(2)6-8-13/h10H,3-9H2,1-2H3,(H2,14,18)(H2,15,16,17). The predicted octanol–water partition coefficient (Wildman–Crippen LogP) is 2.32. The fraction of sp³-hybridized carbons (Fsp3) is 0.846. The minimum atomic E-state index is -0.474. The van der Waals surface area contributed by atoms with Gasteiger partial charge in [0.15, 0.2) is 0 Å². The van der Waals surface area contributed by atoms with Crippen LogP contribution in [0, 0.1) is 5.92 Å². The Morgan fingerprint density at radius 2 is 2.06 bits per heavy atom. The van der Waals surface area contributed by atoms with Crippen LogP contribution in [0.4, 0.5) is 4.79 Å². The van der Waals surface area contributed by atoms with Gasteiger partial charge in [0.05, 0.1) is 10.5 Å². The van der Waals surface area contributed by atoms with E-state index in [0.717, 1.165) is 38.5 Å². The van der Waals surface area contributed by atoms with Crippen LogP contribution in [0.2, 0.25) is 0 Å². The summed E-state index contributed by atoms with van der Waals surface area (Å²) >= 11 is 5.16. The molecule has 4 N–H and O–H groups in total. The first-order chi connectivity index (χ1) is 8.50. The third-order valence-corrected chi connectivity index (χ3v) is 4.16. The average molecular weight is 271 g/mol. The Kier molecular flexibility index (Phi) is 5.85. The number of carbonyl (C=O) groups is 1. The van der Waals surface area contributed by atoms with Crippen LogP contribution in [0.25, 0.3) is 0 Å². The van der Waals surface area contributed by atoms with E-state index in [0.29, 0.717) is 17.5 Å². The molecule has 0 bridgehead atoms. The number of unbranched alkanes of at least 4 members (excludes halogenated alkanes) is 1. The first-order valence-corrected chi connectivity index (χ1v) is 7.27. The maximum atomic E-state index is 11.8. The molecule has 0 heterocycles. The normalized spacial score (nSPS) is 27.6. The van der Waals surface area contributed by atoms with Crippen LogP contribution in [0.15, 0.2) is 0 Å². The molecule has 1 fully saturated rings. The van der Waals surface area contributed by atoms with Gasteiger partial charge in [-0.3, -0.25) is 0 Å². The fourth-order valence-electron chi connectivity index (χ4n) is 2.33. The lowest BCUT2D eigenvalue weighted by Gasteiger charge is -2.39. The summed E-state index contributed by atoms with van der Waals surface area (Å²) in [6.45, 7) is 5.02. The van der Waals surface area contributed by atoms with Gasteiger partial charge in [0.1, 0.15) is 0 Å². The molecule has 0 aromatic carbocycles. The van der Waals surface area contributed by atoms with Gasteiger partial charge in [-0.2, -0.15) is 0 Å². The molecule has 0 spiro atoms. The summed E-state index contributed by atoms with van der Waals surface area (Å²) in [5, 5.41) is 5.85. The summed E-state index contributed by atoms with van der Waals surface area (Å²) in [7, 11) is 0. The molecule has 4 nitrogen and oxygen atoms in total. The molecular formula is C13H25N3OS. The summed E-state index contributed by atoms with van der Waals surface area (Å²) < 4.78 is 0. The second kappa shape index (κ2) is 6.92. The zero-order valence-electron chi connectivity index (χ0n) is 11.4. The van der Waals surface area contributed by atoms with E-state index in [4.69, 9.17) is 18.0 Å². The van der Waals surface area contributed by atoms with Gasteiger partial charge in [-0.15, -0.1) is 0 Å². The second-order valence-corrected chi connectivity index (χ2v) is 5.80. The van der Waals surface area contributed by atoms with Crippen molar-refractivity contribution < 1.29 is 4.79 Å².